The molecule has 172 valence electrons. The average molecular weight is 449 g/mol. The van der Waals surface area contributed by atoms with E-state index in [4.69, 9.17) is 19.7 Å². The highest BCUT2D eigenvalue weighted by Crippen LogP contribution is 2.45. The molecule has 4 rings (SSSR count). The lowest BCUT2D eigenvalue weighted by Gasteiger charge is -2.29. The van der Waals surface area contributed by atoms with Crippen LogP contribution < -0.4 is 9.47 Å². The van der Waals surface area contributed by atoms with Gasteiger partial charge in [0.15, 0.2) is 0 Å². The number of aliphatic carboxylic acids is 1. The summed E-state index contributed by atoms with van der Waals surface area (Å²) in [7, 11) is 3.26. The van der Waals surface area contributed by atoms with E-state index in [0.29, 0.717) is 0 Å². The molecule has 1 amide bonds. The molecule has 0 aromatic heterocycles. The van der Waals surface area contributed by atoms with Crippen molar-refractivity contribution < 1.29 is 24.2 Å². The van der Waals surface area contributed by atoms with Gasteiger partial charge in [-0.15, -0.1) is 0 Å². The number of hydrazone groups is 1. The quantitative estimate of drug-likeness (QED) is 0.664. The number of allylic oxidation sites excluding steroid dienone is 1. The van der Waals surface area contributed by atoms with Crippen molar-refractivity contribution in [1.29, 1.82) is 0 Å². The molecule has 1 saturated carbocycles. The average Bonchev–Trinajstić information content (AvgIpc) is 3.24. The number of hydrogen-bond donors (Lipinski definition) is 1. The summed E-state index contributed by atoms with van der Waals surface area (Å²) in [6.45, 7) is 0. The number of benzene rings is 2. The maximum absolute atomic E-state index is 13.0. The number of hydrogen-bond acceptors (Lipinski definition) is 5. The minimum absolute atomic E-state index is 0.0606. The second-order valence-corrected chi connectivity index (χ2v) is 8.28. The smallest absolute Gasteiger partial charge is 0.303 e. The lowest BCUT2D eigenvalue weighted by atomic mass is 9.77. The Morgan fingerprint density at radius 2 is 1.67 bits per heavy atom. The Morgan fingerprint density at radius 3 is 2.27 bits per heavy atom. The van der Waals surface area contributed by atoms with Crippen molar-refractivity contribution in [2.24, 2.45) is 11.0 Å². The molecule has 1 aliphatic carbocycles. The van der Waals surface area contributed by atoms with E-state index in [-0.39, 0.29) is 30.7 Å². The molecule has 0 bridgehead atoms. The molecule has 2 aromatic carbocycles. The zero-order valence-corrected chi connectivity index (χ0v) is 18.9. The van der Waals surface area contributed by atoms with E-state index in [1.807, 2.05) is 48.5 Å². The highest BCUT2D eigenvalue weighted by Gasteiger charge is 2.43. The van der Waals surface area contributed by atoms with Gasteiger partial charge in [0.1, 0.15) is 11.5 Å². The summed E-state index contributed by atoms with van der Waals surface area (Å²) in [6, 6.07) is 15.3. The molecule has 2 atom stereocenters. The topological polar surface area (TPSA) is 88.4 Å². The molecule has 33 heavy (non-hydrogen) atoms. The van der Waals surface area contributed by atoms with E-state index in [1.165, 1.54) is 5.01 Å². The third-order valence-corrected chi connectivity index (χ3v) is 6.22. The standard InChI is InChI=1S/C26H28N2O5/c1-32-20-10-6-17(7-11-20)16-19-4-3-5-22-25(19)27-28(23(29)14-15-24(30)31)26(22)18-8-12-21(33-2)13-9-18/h6-13,16,22,26H,3-5,14-15H2,1-2H3,(H,30,31)/t22-,26+/m0/s1. The van der Waals surface area contributed by atoms with Crippen molar-refractivity contribution in [3.05, 3.63) is 65.2 Å². The molecule has 0 radical (unpaired) electrons. The molecule has 1 N–H and O–H groups in total. The minimum atomic E-state index is -0.992. The first kappa shape index (κ1) is 22.6. The number of ether oxygens (including phenoxy) is 2. The number of methoxy groups -OCH3 is 2. The van der Waals surface area contributed by atoms with Gasteiger partial charge in [-0.2, -0.15) is 5.10 Å². The van der Waals surface area contributed by atoms with Gasteiger partial charge in [0, 0.05) is 12.3 Å². The van der Waals surface area contributed by atoms with Gasteiger partial charge in [-0.25, -0.2) is 5.01 Å². The number of carbonyl (C=O) groups excluding carboxylic acids is 1. The van der Waals surface area contributed by atoms with Crippen molar-refractivity contribution >= 4 is 23.7 Å². The molecule has 7 heteroatoms. The molecule has 1 aliphatic heterocycles. The predicted octanol–water partition coefficient (Wildman–Crippen LogP) is 4.69. The molecule has 0 saturated heterocycles. The monoisotopic (exact) mass is 448 g/mol. The summed E-state index contributed by atoms with van der Waals surface area (Å²) in [5.41, 5.74) is 4.05. The maximum Gasteiger partial charge on any atom is 0.303 e. The highest BCUT2D eigenvalue weighted by molar-refractivity contribution is 6.08. The molecule has 7 nitrogen and oxygen atoms in total. The van der Waals surface area contributed by atoms with E-state index in [0.717, 1.165) is 53.2 Å². The van der Waals surface area contributed by atoms with Crippen LogP contribution in [0.5, 0.6) is 11.5 Å². The van der Waals surface area contributed by atoms with Gasteiger partial charge >= 0.3 is 5.97 Å². The normalized spacial score (nSPS) is 20.8. The fourth-order valence-electron chi connectivity index (χ4n) is 4.57. The first-order valence-corrected chi connectivity index (χ1v) is 11.1. The Morgan fingerprint density at radius 1 is 1.03 bits per heavy atom. The molecule has 0 unspecified atom stereocenters. The van der Waals surface area contributed by atoms with Gasteiger partial charge in [-0.05, 0) is 66.3 Å². The molecule has 1 heterocycles. The Labute approximate surface area is 193 Å². The summed E-state index contributed by atoms with van der Waals surface area (Å²) in [4.78, 5) is 24.1. The Kier molecular flexibility index (Phi) is 6.77. The van der Waals surface area contributed by atoms with Crippen LogP contribution in [0.3, 0.4) is 0 Å². The Bertz CT molecular complexity index is 1070. The summed E-state index contributed by atoms with van der Waals surface area (Å²) in [6.07, 6.45) is 4.63. The second-order valence-electron chi connectivity index (χ2n) is 8.28. The van der Waals surface area contributed by atoms with Crippen molar-refractivity contribution in [1.82, 2.24) is 5.01 Å². The maximum atomic E-state index is 13.0. The van der Waals surface area contributed by atoms with E-state index in [1.54, 1.807) is 14.2 Å². The number of carbonyl (C=O) groups is 2. The summed E-state index contributed by atoms with van der Waals surface area (Å²) >= 11 is 0. The van der Waals surface area contributed by atoms with E-state index < -0.39 is 5.97 Å². The number of fused-ring (bicyclic) bond motifs is 1. The SMILES string of the molecule is COc1ccc(C=C2CCC[C@H]3C2=NN(C(=O)CCC(=O)O)[C@@H]3c2ccc(OC)cc2)cc1. The summed E-state index contributed by atoms with van der Waals surface area (Å²) < 4.78 is 10.5. The Hall–Kier alpha value is -3.61. The number of rotatable bonds is 7. The highest BCUT2D eigenvalue weighted by atomic mass is 16.5. The first-order chi connectivity index (χ1) is 16.0. The second kappa shape index (κ2) is 9.90. The van der Waals surface area contributed by atoms with E-state index >= 15 is 0 Å². The molecule has 2 aliphatic rings. The van der Waals surface area contributed by atoms with Crippen LogP contribution in [0.2, 0.25) is 0 Å². The minimum Gasteiger partial charge on any atom is -0.497 e. The molecule has 1 fully saturated rings. The van der Waals surface area contributed by atoms with Crippen molar-refractivity contribution in [3.8, 4) is 11.5 Å². The number of carboxylic acid groups (broad SMARTS) is 1. The third-order valence-electron chi connectivity index (χ3n) is 6.22. The van der Waals surface area contributed by atoms with Crippen LogP contribution in [0.15, 0.2) is 59.2 Å². The number of nitrogens with zero attached hydrogens (tertiary/aromatic N) is 2. The van der Waals surface area contributed by atoms with Crippen molar-refractivity contribution in [2.75, 3.05) is 14.2 Å². The van der Waals surface area contributed by atoms with Crippen LogP contribution in [-0.2, 0) is 9.59 Å². The fourth-order valence-corrected chi connectivity index (χ4v) is 4.57. The summed E-state index contributed by atoms with van der Waals surface area (Å²) in [5.74, 6) is 0.333. The first-order valence-electron chi connectivity index (χ1n) is 11.1. The van der Waals surface area contributed by atoms with Crippen molar-refractivity contribution in [2.45, 2.75) is 38.1 Å². The number of amides is 1. The van der Waals surface area contributed by atoms with Gasteiger partial charge < -0.3 is 14.6 Å². The van der Waals surface area contributed by atoms with Crippen LogP contribution >= 0.6 is 0 Å². The number of carboxylic acids is 1. The molecular weight excluding hydrogens is 420 g/mol. The van der Waals surface area contributed by atoms with Crippen LogP contribution in [0.25, 0.3) is 6.08 Å². The van der Waals surface area contributed by atoms with Crippen LogP contribution in [0.1, 0.15) is 49.3 Å². The van der Waals surface area contributed by atoms with Gasteiger partial charge in [-0.3, -0.25) is 9.59 Å². The lowest BCUT2D eigenvalue weighted by molar-refractivity contribution is -0.141. The zero-order valence-electron chi connectivity index (χ0n) is 18.9. The third kappa shape index (κ3) is 4.92. The Balaban J connectivity index is 1.69. The van der Waals surface area contributed by atoms with Crippen LogP contribution in [0.4, 0.5) is 0 Å². The van der Waals surface area contributed by atoms with Crippen LogP contribution in [-0.4, -0.2) is 41.9 Å². The lowest BCUT2D eigenvalue weighted by Crippen LogP contribution is -2.32. The molecular formula is C26H28N2O5. The molecule has 2 aromatic rings. The van der Waals surface area contributed by atoms with E-state index in [9.17, 15) is 9.59 Å². The van der Waals surface area contributed by atoms with Gasteiger partial charge in [0.05, 0.1) is 32.4 Å². The van der Waals surface area contributed by atoms with Gasteiger partial charge in [-0.1, -0.05) is 24.3 Å². The molecule has 0 spiro atoms. The largest absolute Gasteiger partial charge is 0.497 e. The van der Waals surface area contributed by atoms with Crippen molar-refractivity contribution in [3.63, 3.8) is 0 Å². The van der Waals surface area contributed by atoms with Crippen LogP contribution in [0, 0.1) is 5.92 Å². The van der Waals surface area contributed by atoms with Gasteiger partial charge in [0.25, 0.3) is 0 Å². The summed E-state index contributed by atoms with van der Waals surface area (Å²) in [5, 5.41) is 15.4. The fraction of sp³-hybridized carbons (Fsp3) is 0.346. The predicted molar refractivity (Wildman–Crippen MR) is 125 cm³/mol. The van der Waals surface area contributed by atoms with Gasteiger partial charge in [0.2, 0.25) is 5.91 Å². The zero-order chi connectivity index (χ0) is 23.4. The van der Waals surface area contributed by atoms with E-state index in [2.05, 4.69) is 6.08 Å².